The van der Waals surface area contributed by atoms with Crippen LogP contribution in [0, 0.1) is 18.3 Å². The van der Waals surface area contributed by atoms with Gasteiger partial charge in [0, 0.05) is 13.1 Å². The van der Waals surface area contributed by atoms with Gasteiger partial charge in [0.1, 0.15) is 17.5 Å². The van der Waals surface area contributed by atoms with Crippen LogP contribution in [0.15, 0.2) is 0 Å². The molecule has 0 radical (unpaired) electrons. The fourth-order valence-electron chi connectivity index (χ4n) is 3.25. The number of nitrogens with zero attached hydrogens (tertiary/aromatic N) is 3. The van der Waals surface area contributed by atoms with Crippen LogP contribution in [-0.4, -0.2) is 46.9 Å². The molecule has 2 heterocycles. The van der Waals surface area contributed by atoms with Crippen molar-refractivity contribution < 1.29 is 19.4 Å². The minimum atomic E-state index is -1.09. The van der Waals surface area contributed by atoms with Crippen molar-refractivity contribution in [2.24, 2.45) is 0 Å². The molecule has 2 N–H and O–H groups in total. The third kappa shape index (κ3) is 4.53. The van der Waals surface area contributed by atoms with Gasteiger partial charge in [0.25, 0.3) is 0 Å². The number of ether oxygens (including phenoxy) is 1. The number of alkyl carbamates (subject to hydrolysis) is 1. The first-order valence-corrected chi connectivity index (χ1v) is 9.17. The minimum Gasteiger partial charge on any atom is -0.478 e. The van der Waals surface area contributed by atoms with Gasteiger partial charge in [-0.3, -0.25) is 0 Å². The third-order valence-corrected chi connectivity index (χ3v) is 4.34. The van der Waals surface area contributed by atoms with Gasteiger partial charge in [0.05, 0.1) is 22.9 Å². The van der Waals surface area contributed by atoms with Crippen LogP contribution in [0.2, 0.25) is 0 Å². The Labute approximate surface area is 165 Å². The van der Waals surface area contributed by atoms with Gasteiger partial charge in [-0.15, -0.1) is 0 Å². The van der Waals surface area contributed by atoms with Gasteiger partial charge in [0.15, 0.2) is 0 Å². The summed E-state index contributed by atoms with van der Waals surface area (Å²) in [6.45, 7) is 13.6. The van der Waals surface area contributed by atoms with Crippen molar-refractivity contribution in [3.8, 4) is 6.07 Å². The molecule has 1 aliphatic rings. The summed E-state index contributed by atoms with van der Waals surface area (Å²) in [5.41, 5.74) is 0.0841. The van der Waals surface area contributed by atoms with Gasteiger partial charge in [0.2, 0.25) is 0 Å². The Bertz CT molecular complexity index is 838. The van der Waals surface area contributed by atoms with E-state index in [1.165, 1.54) is 0 Å². The topological polar surface area (TPSA) is 116 Å². The van der Waals surface area contributed by atoms with Crippen LogP contribution in [-0.2, 0) is 10.2 Å². The molecule has 1 aromatic rings. The maximum absolute atomic E-state index is 11.9. The standard InChI is InChI=1S/C20H28N4O4/c1-11-14(17(25)26)15(19(2,3)4)13(8-21)16(22-11)24-9-12(10-24)23-18(27)28-20(5,6)7/h12H,9-10H2,1-7H3,(H,23,27)(H,25,26). The number of pyridine rings is 1. The van der Waals surface area contributed by atoms with Gasteiger partial charge in [-0.1, -0.05) is 20.8 Å². The summed E-state index contributed by atoms with van der Waals surface area (Å²) in [6, 6.07) is 2.03. The van der Waals surface area contributed by atoms with Crippen LogP contribution >= 0.6 is 0 Å². The molecule has 8 nitrogen and oxygen atoms in total. The molecule has 28 heavy (non-hydrogen) atoms. The summed E-state index contributed by atoms with van der Waals surface area (Å²) < 4.78 is 5.25. The van der Waals surface area contributed by atoms with Gasteiger partial charge >= 0.3 is 12.1 Å². The molecular formula is C20H28N4O4. The zero-order chi connectivity index (χ0) is 21.4. The molecule has 8 heteroatoms. The number of rotatable bonds is 3. The molecule has 0 spiro atoms. The Morgan fingerprint density at radius 1 is 1.25 bits per heavy atom. The lowest BCUT2D eigenvalue weighted by molar-refractivity contribution is 0.0495. The van der Waals surface area contributed by atoms with E-state index in [0.29, 0.717) is 30.2 Å². The zero-order valence-electron chi connectivity index (χ0n) is 17.5. The molecule has 0 unspecified atom stereocenters. The van der Waals surface area contributed by atoms with E-state index in [2.05, 4.69) is 16.4 Å². The summed E-state index contributed by atoms with van der Waals surface area (Å²) in [4.78, 5) is 30.0. The van der Waals surface area contributed by atoms with Gasteiger partial charge in [-0.2, -0.15) is 5.26 Å². The van der Waals surface area contributed by atoms with Crippen LogP contribution in [0.1, 0.15) is 68.7 Å². The number of carboxylic acid groups (broad SMARTS) is 1. The number of hydrogen-bond acceptors (Lipinski definition) is 6. The van der Waals surface area contributed by atoms with Crippen molar-refractivity contribution in [1.82, 2.24) is 10.3 Å². The number of hydrogen-bond donors (Lipinski definition) is 2. The van der Waals surface area contributed by atoms with E-state index in [9.17, 15) is 20.0 Å². The summed E-state index contributed by atoms with van der Waals surface area (Å²) in [5.74, 6) is -0.636. The molecule has 0 atom stereocenters. The van der Waals surface area contributed by atoms with E-state index < -0.39 is 23.1 Å². The van der Waals surface area contributed by atoms with Crippen molar-refractivity contribution in [3.05, 3.63) is 22.4 Å². The van der Waals surface area contributed by atoms with Gasteiger partial charge < -0.3 is 20.1 Å². The quantitative estimate of drug-likeness (QED) is 0.818. The summed E-state index contributed by atoms with van der Waals surface area (Å²) in [6.07, 6.45) is -0.488. The van der Waals surface area contributed by atoms with Gasteiger partial charge in [-0.25, -0.2) is 14.6 Å². The SMILES string of the molecule is Cc1nc(N2CC(NC(=O)OC(C)(C)C)C2)c(C#N)c(C(C)(C)C)c1C(=O)O. The Balaban J connectivity index is 2.29. The Morgan fingerprint density at radius 2 is 1.82 bits per heavy atom. The largest absolute Gasteiger partial charge is 0.478 e. The highest BCUT2D eigenvalue weighted by Gasteiger charge is 2.36. The summed E-state index contributed by atoms with van der Waals surface area (Å²) in [7, 11) is 0. The van der Waals surface area contributed by atoms with Crippen molar-refractivity contribution in [2.75, 3.05) is 18.0 Å². The first-order valence-electron chi connectivity index (χ1n) is 9.17. The molecule has 0 bridgehead atoms. The monoisotopic (exact) mass is 388 g/mol. The maximum Gasteiger partial charge on any atom is 0.407 e. The molecular weight excluding hydrogens is 360 g/mol. The molecule has 0 saturated carbocycles. The first-order chi connectivity index (χ1) is 12.7. The number of aromatic nitrogens is 1. The number of anilines is 1. The summed E-state index contributed by atoms with van der Waals surface area (Å²) in [5, 5.41) is 22.2. The molecule has 1 amide bonds. The Hall–Kier alpha value is -2.82. The van der Waals surface area contributed by atoms with Crippen LogP contribution in [0.3, 0.4) is 0 Å². The van der Waals surface area contributed by atoms with Crippen molar-refractivity contribution in [1.29, 1.82) is 5.26 Å². The van der Waals surface area contributed by atoms with Crippen LogP contribution in [0.5, 0.6) is 0 Å². The fourth-order valence-corrected chi connectivity index (χ4v) is 3.25. The number of carbonyl (C=O) groups is 2. The Kier molecular flexibility index (Phi) is 5.60. The van der Waals surface area contributed by atoms with Crippen molar-refractivity contribution in [2.45, 2.75) is 65.5 Å². The van der Waals surface area contributed by atoms with E-state index >= 15 is 0 Å². The van der Waals surface area contributed by atoms with Crippen molar-refractivity contribution in [3.63, 3.8) is 0 Å². The molecule has 0 aromatic carbocycles. The molecule has 0 aliphatic carbocycles. The second kappa shape index (κ2) is 7.30. The maximum atomic E-state index is 11.9. The highest BCUT2D eigenvalue weighted by molar-refractivity contribution is 5.93. The molecule has 152 valence electrons. The normalized spacial score (nSPS) is 14.9. The number of aromatic carboxylic acids is 1. The third-order valence-electron chi connectivity index (χ3n) is 4.34. The van der Waals surface area contributed by atoms with Crippen molar-refractivity contribution >= 4 is 17.9 Å². The van der Waals surface area contributed by atoms with Crippen LogP contribution in [0.25, 0.3) is 0 Å². The van der Waals surface area contributed by atoms with Gasteiger partial charge in [-0.05, 0) is 38.7 Å². The average molecular weight is 388 g/mol. The highest BCUT2D eigenvalue weighted by Crippen LogP contribution is 2.36. The lowest BCUT2D eigenvalue weighted by Crippen LogP contribution is -2.60. The predicted octanol–water partition coefficient (Wildman–Crippen LogP) is 2.97. The number of nitrogens with one attached hydrogen (secondary N) is 1. The van der Waals surface area contributed by atoms with E-state index in [1.54, 1.807) is 27.7 Å². The number of amides is 1. The predicted molar refractivity (Wildman–Crippen MR) is 105 cm³/mol. The van der Waals surface area contributed by atoms with Crippen LogP contribution < -0.4 is 10.2 Å². The molecule has 1 aromatic heterocycles. The smallest absolute Gasteiger partial charge is 0.407 e. The highest BCUT2D eigenvalue weighted by atomic mass is 16.6. The molecule has 1 saturated heterocycles. The van der Waals surface area contributed by atoms with E-state index in [4.69, 9.17) is 4.74 Å². The van der Waals surface area contributed by atoms with E-state index in [1.807, 2.05) is 25.7 Å². The molecule has 1 aliphatic heterocycles. The lowest BCUT2D eigenvalue weighted by Gasteiger charge is -2.41. The average Bonchev–Trinajstić information content (AvgIpc) is 2.46. The first kappa shape index (κ1) is 21.5. The number of carboxylic acids is 1. The fraction of sp³-hybridized carbons (Fsp3) is 0.600. The summed E-state index contributed by atoms with van der Waals surface area (Å²) >= 11 is 0. The number of aryl methyl sites for hydroxylation is 1. The Morgan fingerprint density at radius 3 is 2.25 bits per heavy atom. The lowest BCUT2D eigenvalue weighted by atomic mass is 9.80. The zero-order valence-corrected chi connectivity index (χ0v) is 17.5. The van der Waals surface area contributed by atoms with Crippen LogP contribution in [0.4, 0.5) is 10.6 Å². The van der Waals surface area contributed by atoms with E-state index in [0.717, 1.165) is 0 Å². The second-order valence-corrected chi connectivity index (χ2v) is 9.06. The number of carbonyl (C=O) groups excluding carboxylic acids is 1. The minimum absolute atomic E-state index is 0.0803. The van der Waals surface area contributed by atoms with E-state index in [-0.39, 0.29) is 17.2 Å². The molecule has 2 rings (SSSR count). The number of nitriles is 1. The second-order valence-electron chi connectivity index (χ2n) is 9.06. The molecule has 1 fully saturated rings.